The van der Waals surface area contributed by atoms with Gasteiger partial charge in [0, 0.05) is 11.5 Å². The maximum absolute atomic E-state index is 11.4. The third-order valence-corrected chi connectivity index (χ3v) is 2.84. The van der Waals surface area contributed by atoms with E-state index in [0.717, 1.165) is 4.47 Å². The number of hydrogen-bond donors (Lipinski definition) is 2. The van der Waals surface area contributed by atoms with Crippen LogP contribution in [0.3, 0.4) is 0 Å². The van der Waals surface area contributed by atoms with E-state index in [4.69, 9.17) is 22.7 Å². The van der Waals surface area contributed by atoms with Crippen molar-refractivity contribution in [1.82, 2.24) is 5.32 Å². The third-order valence-electron chi connectivity index (χ3n) is 2.13. The summed E-state index contributed by atoms with van der Waals surface area (Å²) in [6.45, 7) is 1.66. The van der Waals surface area contributed by atoms with Gasteiger partial charge in [0.25, 0.3) is 5.91 Å². The fourth-order valence-electron chi connectivity index (χ4n) is 1.24. The van der Waals surface area contributed by atoms with Crippen LogP contribution in [0.5, 0.6) is 5.75 Å². The van der Waals surface area contributed by atoms with Gasteiger partial charge in [0.15, 0.2) is 6.10 Å². The van der Waals surface area contributed by atoms with Crippen LogP contribution in [0.2, 0.25) is 0 Å². The Labute approximate surface area is 114 Å². The number of halogens is 1. The summed E-state index contributed by atoms with van der Waals surface area (Å²) in [5, 5.41) is 2.51. The van der Waals surface area contributed by atoms with E-state index >= 15 is 0 Å². The lowest BCUT2D eigenvalue weighted by molar-refractivity contribution is -0.126. The quantitative estimate of drug-likeness (QED) is 0.828. The van der Waals surface area contributed by atoms with Gasteiger partial charge in [-0.15, -0.1) is 0 Å². The summed E-state index contributed by atoms with van der Waals surface area (Å²) in [7, 11) is 1.55. The molecule has 0 saturated heterocycles. The molecule has 1 aromatic rings. The van der Waals surface area contributed by atoms with Crippen LogP contribution in [0.15, 0.2) is 22.7 Å². The van der Waals surface area contributed by atoms with Crippen molar-refractivity contribution in [2.24, 2.45) is 5.73 Å². The number of benzene rings is 1. The maximum Gasteiger partial charge on any atom is 0.260 e. The van der Waals surface area contributed by atoms with E-state index < -0.39 is 6.10 Å². The van der Waals surface area contributed by atoms with Crippen LogP contribution >= 0.6 is 28.1 Å². The number of carbonyl (C=O) groups excluding carboxylic acids is 1. The largest absolute Gasteiger partial charge is 0.480 e. The van der Waals surface area contributed by atoms with Crippen molar-refractivity contribution in [2.75, 3.05) is 7.05 Å². The first-order valence-electron chi connectivity index (χ1n) is 4.93. The molecule has 0 aliphatic carbocycles. The smallest absolute Gasteiger partial charge is 0.260 e. The molecule has 1 amide bonds. The van der Waals surface area contributed by atoms with Crippen molar-refractivity contribution in [2.45, 2.75) is 13.0 Å². The van der Waals surface area contributed by atoms with E-state index in [0.29, 0.717) is 11.3 Å². The number of rotatable bonds is 4. The Morgan fingerprint density at radius 2 is 2.24 bits per heavy atom. The fraction of sp³-hybridized carbons (Fsp3) is 0.273. The molecule has 0 saturated carbocycles. The minimum absolute atomic E-state index is 0.207. The zero-order chi connectivity index (χ0) is 13.0. The number of nitrogens with two attached hydrogens (primary N) is 1. The van der Waals surface area contributed by atoms with Crippen molar-refractivity contribution in [1.29, 1.82) is 0 Å². The van der Waals surface area contributed by atoms with Gasteiger partial charge in [-0.1, -0.05) is 28.1 Å². The zero-order valence-corrected chi connectivity index (χ0v) is 11.9. The summed E-state index contributed by atoms with van der Waals surface area (Å²) in [6.07, 6.45) is -0.603. The first-order chi connectivity index (χ1) is 7.95. The number of nitrogens with one attached hydrogen (secondary N) is 1. The van der Waals surface area contributed by atoms with E-state index in [1.807, 2.05) is 0 Å². The molecule has 4 nitrogen and oxygen atoms in total. The topological polar surface area (TPSA) is 64.3 Å². The summed E-state index contributed by atoms with van der Waals surface area (Å²) in [4.78, 5) is 11.6. The normalized spacial score (nSPS) is 11.7. The number of carbonyl (C=O) groups is 1. The molecular weight excluding hydrogens is 304 g/mol. The van der Waals surface area contributed by atoms with Crippen molar-refractivity contribution in [3.05, 3.63) is 28.2 Å². The molecule has 0 bridgehead atoms. The lowest BCUT2D eigenvalue weighted by atomic mass is 10.2. The second kappa shape index (κ2) is 5.97. The van der Waals surface area contributed by atoms with Crippen molar-refractivity contribution in [3.63, 3.8) is 0 Å². The van der Waals surface area contributed by atoms with Gasteiger partial charge in [-0.25, -0.2) is 0 Å². The van der Waals surface area contributed by atoms with Crippen LogP contribution < -0.4 is 15.8 Å². The fourth-order valence-corrected chi connectivity index (χ4v) is 1.77. The Hall–Kier alpha value is -1.14. The SMILES string of the molecule is CNC(=O)C(C)Oc1ccc(Br)cc1C(N)=S. The third kappa shape index (κ3) is 3.67. The monoisotopic (exact) mass is 316 g/mol. The molecule has 0 aliphatic heterocycles. The second-order valence-electron chi connectivity index (χ2n) is 3.38. The van der Waals surface area contributed by atoms with Gasteiger partial charge in [-0.05, 0) is 25.1 Å². The number of thiocarbonyl (C=S) groups is 1. The zero-order valence-electron chi connectivity index (χ0n) is 9.49. The number of amides is 1. The summed E-state index contributed by atoms with van der Waals surface area (Å²) in [6, 6.07) is 5.28. The van der Waals surface area contributed by atoms with Gasteiger partial charge in [-0.2, -0.15) is 0 Å². The molecule has 0 fully saturated rings. The summed E-state index contributed by atoms with van der Waals surface area (Å²) in [5.41, 5.74) is 6.20. The highest BCUT2D eigenvalue weighted by molar-refractivity contribution is 9.10. The Morgan fingerprint density at radius 1 is 1.59 bits per heavy atom. The molecule has 0 heterocycles. The first-order valence-corrected chi connectivity index (χ1v) is 6.13. The Balaban J connectivity index is 2.98. The van der Waals surface area contributed by atoms with Gasteiger partial charge >= 0.3 is 0 Å². The number of hydrogen-bond acceptors (Lipinski definition) is 3. The maximum atomic E-state index is 11.4. The molecule has 17 heavy (non-hydrogen) atoms. The van der Waals surface area contributed by atoms with Crippen molar-refractivity contribution in [3.8, 4) is 5.75 Å². The van der Waals surface area contributed by atoms with E-state index in [1.165, 1.54) is 0 Å². The lowest BCUT2D eigenvalue weighted by Gasteiger charge is -2.16. The standard InChI is InChI=1S/C11H13BrN2O2S/c1-6(11(15)14-2)16-9-4-3-7(12)5-8(9)10(13)17/h3-6H,1-2H3,(H2,13,17)(H,14,15). The van der Waals surface area contributed by atoms with Gasteiger partial charge in [0.2, 0.25) is 0 Å². The highest BCUT2D eigenvalue weighted by Gasteiger charge is 2.15. The summed E-state index contributed by atoms with van der Waals surface area (Å²) < 4.78 is 6.36. The average Bonchev–Trinajstić information content (AvgIpc) is 2.29. The van der Waals surface area contributed by atoms with Crippen LogP contribution in [0.25, 0.3) is 0 Å². The minimum atomic E-state index is -0.603. The van der Waals surface area contributed by atoms with Crippen LogP contribution in [0, 0.1) is 0 Å². The Bertz CT molecular complexity index is 451. The van der Waals surface area contributed by atoms with Gasteiger partial charge in [0.1, 0.15) is 10.7 Å². The molecular formula is C11H13BrN2O2S. The summed E-state index contributed by atoms with van der Waals surface area (Å²) in [5.74, 6) is 0.290. The van der Waals surface area contributed by atoms with Crippen molar-refractivity contribution >= 4 is 39.0 Å². The number of ether oxygens (including phenoxy) is 1. The summed E-state index contributed by atoms with van der Waals surface area (Å²) >= 11 is 8.26. The van der Waals surface area contributed by atoms with Crippen LogP contribution in [-0.2, 0) is 4.79 Å². The Morgan fingerprint density at radius 3 is 2.76 bits per heavy atom. The molecule has 0 radical (unpaired) electrons. The highest BCUT2D eigenvalue weighted by atomic mass is 79.9. The lowest BCUT2D eigenvalue weighted by Crippen LogP contribution is -2.34. The molecule has 1 unspecified atom stereocenters. The van der Waals surface area contributed by atoms with Gasteiger partial charge in [-0.3, -0.25) is 4.79 Å². The molecule has 92 valence electrons. The van der Waals surface area contributed by atoms with E-state index in [2.05, 4.69) is 21.2 Å². The second-order valence-corrected chi connectivity index (χ2v) is 4.73. The predicted octanol–water partition coefficient (Wildman–Crippen LogP) is 1.60. The average molecular weight is 317 g/mol. The molecule has 0 aliphatic rings. The minimum Gasteiger partial charge on any atom is -0.480 e. The highest BCUT2D eigenvalue weighted by Crippen LogP contribution is 2.24. The molecule has 6 heteroatoms. The van der Waals surface area contributed by atoms with Gasteiger partial charge in [0.05, 0.1) is 5.56 Å². The molecule has 0 spiro atoms. The van der Waals surface area contributed by atoms with Crippen molar-refractivity contribution < 1.29 is 9.53 Å². The molecule has 1 aromatic carbocycles. The first kappa shape index (κ1) is 13.9. The molecule has 1 rings (SSSR count). The van der Waals surface area contributed by atoms with Crippen LogP contribution in [0.1, 0.15) is 12.5 Å². The Kier molecular flexibility index (Phi) is 4.89. The van der Waals surface area contributed by atoms with Crippen LogP contribution in [-0.4, -0.2) is 24.0 Å². The van der Waals surface area contributed by atoms with E-state index in [-0.39, 0.29) is 10.9 Å². The van der Waals surface area contributed by atoms with E-state index in [9.17, 15) is 4.79 Å². The van der Waals surface area contributed by atoms with Crippen LogP contribution in [0.4, 0.5) is 0 Å². The molecule has 1 atom stereocenters. The molecule has 0 aromatic heterocycles. The van der Waals surface area contributed by atoms with E-state index in [1.54, 1.807) is 32.2 Å². The molecule has 3 N–H and O–H groups in total. The number of likely N-dealkylation sites (N-methyl/N-ethyl adjacent to an activating group) is 1. The van der Waals surface area contributed by atoms with Gasteiger partial charge < -0.3 is 15.8 Å². The predicted molar refractivity (Wildman–Crippen MR) is 74.2 cm³/mol.